The van der Waals surface area contributed by atoms with Gasteiger partial charge in [-0.1, -0.05) is 48.0 Å². The van der Waals surface area contributed by atoms with Crippen LogP contribution < -0.4 is 10.2 Å². The third kappa shape index (κ3) is 5.58. The van der Waals surface area contributed by atoms with Crippen molar-refractivity contribution in [3.63, 3.8) is 0 Å². The molecular formula is C28H32Cl2N4O. The molecule has 3 aromatic carbocycles. The summed E-state index contributed by atoms with van der Waals surface area (Å²) in [5.74, 6) is -0.01000. The monoisotopic (exact) mass is 510 g/mol. The van der Waals surface area contributed by atoms with Crippen LogP contribution in [-0.4, -0.2) is 55.1 Å². The van der Waals surface area contributed by atoms with Gasteiger partial charge >= 0.3 is 0 Å². The number of anilines is 1. The lowest BCUT2D eigenvalue weighted by atomic mass is 10.1. The highest BCUT2D eigenvalue weighted by Crippen LogP contribution is 2.29. The molecule has 1 saturated heterocycles. The highest BCUT2D eigenvalue weighted by Gasteiger charge is 2.19. The molecule has 0 radical (unpaired) electrons. The van der Waals surface area contributed by atoms with E-state index < -0.39 is 0 Å². The van der Waals surface area contributed by atoms with Gasteiger partial charge in [0.25, 0.3) is 5.91 Å². The number of rotatable bonds is 7. The zero-order valence-electron chi connectivity index (χ0n) is 20.0. The summed E-state index contributed by atoms with van der Waals surface area (Å²) < 4.78 is 0. The number of carbonyl (C=O) groups excluding carboxylic acids is 1. The molecule has 0 atom stereocenters. The van der Waals surface area contributed by atoms with Crippen LogP contribution in [0.15, 0.2) is 60.7 Å². The largest absolute Gasteiger partial charge is 0.368 e. The molecule has 7 heteroatoms. The summed E-state index contributed by atoms with van der Waals surface area (Å²) in [6.07, 6.45) is 2.05. The van der Waals surface area contributed by atoms with Gasteiger partial charge in [-0.2, -0.15) is 0 Å². The first kappa shape index (κ1) is 25.4. The first-order chi connectivity index (χ1) is 16.6. The molecule has 1 aromatic heterocycles. The number of piperazine rings is 1. The first-order valence-electron chi connectivity index (χ1n) is 12.1. The van der Waals surface area contributed by atoms with Crippen LogP contribution in [0.1, 0.15) is 28.8 Å². The number of unbranched alkanes of at least 4 members (excludes halogenated alkanes) is 1. The Labute approximate surface area is 217 Å². The number of aromatic amines is 1. The number of hydrogen-bond acceptors (Lipinski definition) is 3. The second-order valence-corrected chi connectivity index (χ2v) is 9.51. The topological polar surface area (TPSA) is 51.4 Å². The molecule has 5 nitrogen and oxygen atoms in total. The van der Waals surface area contributed by atoms with Crippen molar-refractivity contribution in [3.8, 4) is 0 Å². The number of hydrogen-bond donors (Lipinski definition) is 2. The van der Waals surface area contributed by atoms with E-state index in [1.807, 2.05) is 30.3 Å². The summed E-state index contributed by atoms with van der Waals surface area (Å²) in [4.78, 5) is 20.9. The van der Waals surface area contributed by atoms with Crippen molar-refractivity contribution in [1.29, 1.82) is 0 Å². The Morgan fingerprint density at radius 1 is 0.943 bits per heavy atom. The number of halogens is 2. The maximum atomic E-state index is 12.6. The Morgan fingerprint density at radius 2 is 1.71 bits per heavy atom. The molecule has 5 rings (SSSR count). The smallest absolute Gasteiger partial charge is 0.251 e. The summed E-state index contributed by atoms with van der Waals surface area (Å²) >= 11 is 6.51. The molecule has 184 valence electrons. The number of benzene rings is 3. The van der Waals surface area contributed by atoms with Crippen molar-refractivity contribution < 1.29 is 4.79 Å². The van der Waals surface area contributed by atoms with E-state index in [1.165, 1.54) is 5.39 Å². The molecule has 2 N–H and O–H groups in total. The fraction of sp³-hybridized carbons (Fsp3) is 0.321. The summed E-state index contributed by atoms with van der Waals surface area (Å²) in [6.45, 7) is 7.89. The van der Waals surface area contributed by atoms with Crippen LogP contribution in [0.4, 0.5) is 5.69 Å². The third-order valence-corrected chi connectivity index (χ3v) is 7.33. The Hall–Kier alpha value is -2.73. The van der Waals surface area contributed by atoms with Crippen LogP contribution in [0.3, 0.4) is 0 Å². The lowest BCUT2D eigenvalue weighted by Gasteiger charge is -2.36. The zero-order chi connectivity index (χ0) is 23.5. The molecule has 0 spiro atoms. The minimum atomic E-state index is -0.01000. The van der Waals surface area contributed by atoms with Crippen LogP contribution in [0.2, 0.25) is 5.02 Å². The Kier molecular flexibility index (Phi) is 8.22. The summed E-state index contributed by atoms with van der Waals surface area (Å²) in [7, 11) is 0. The van der Waals surface area contributed by atoms with Gasteiger partial charge in [0.1, 0.15) is 0 Å². The second-order valence-electron chi connectivity index (χ2n) is 9.13. The zero-order valence-corrected chi connectivity index (χ0v) is 21.6. The van der Waals surface area contributed by atoms with Gasteiger partial charge < -0.3 is 15.2 Å². The number of amides is 1. The van der Waals surface area contributed by atoms with E-state index >= 15 is 0 Å². The number of aryl methyl sites for hydroxylation is 1. The number of H-pyrrole nitrogens is 1. The number of nitrogens with one attached hydrogen (secondary N) is 2. The second kappa shape index (κ2) is 11.3. The average Bonchev–Trinajstić information content (AvgIpc) is 3.24. The average molecular weight is 511 g/mol. The Balaban J connectivity index is 0.00000289. The van der Waals surface area contributed by atoms with Gasteiger partial charge in [0.05, 0.1) is 10.7 Å². The maximum Gasteiger partial charge on any atom is 0.251 e. The van der Waals surface area contributed by atoms with Crippen molar-refractivity contribution >= 4 is 57.4 Å². The first-order valence-corrected chi connectivity index (χ1v) is 12.5. The van der Waals surface area contributed by atoms with Gasteiger partial charge in [-0.15, -0.1) is 12.4 Å². The molecule has 0 aliphatic carbocycles. The lowest BCUT2D eigenvalue weighted by molar-refractivity contribution is 0.0952. The predicted octanol–water partition coefficient (Wildman–Crippen LogP) is 6.04. The number of fused-ring (bicyclic) bond motifs is 3. The number of carbonyl (C=O) groups is 1. The molecular weight excluding hydrogens is 479 g/mol. The normalized spacial score (nSPS) is 14.3. The van der Waals surface area contributed by atoms with Crippen LogP contribution in [0.25, 0.3) is 21.8 Å². The Bertz CT molecular complexity index is 1310. The third-order valence-electron chi connectivity index (χ3n) is 6.84. The molecule has 1 aliphatic heterocycles. The molecule has 0 saturated carbocycles. The lowest BCUT2D eigenvalue weighted by Crippen LogP contribution is -2.46. The fourth-order valence-electron chi connectivity index (χ4n) is 4.85. The van der Waals surface area contributed by atoms with E-state index in [9.17, 15) is 4.79 Å². The number of aromatic nitrogens is 1. The molecule has 1 amide bonds. The van der Waals surface area contributed by atoms with E-state index in [-0.39, 0.29) is 18.3 Å². The van der Waals surface area contributed by atoms with Crippen molar-refractivity contribution in [2.75, 3.05) is 44.2 Å². The van der Waals surface area contributed by atoms with Crippen molar-refractivity contribution in [2.45, 2.75) is 19.8 Å². The van der Waals surface area contributed by atoms with Gasteiger partial charge in [-0.3, -0.25) is 9.69 Å². The van der Waals surface area contributed by atoms with E-state index in [1.54, 1.807) is 0 Å². The highest BCUT2D eigenvalue weighted by molar-refractivity contribution is 6.34. The molecule has 0 bridgehead atoms. The maximum absolute atomic E-state index is 12.6. The van der Waals surface area contributed by atoms with E-state index in [2.05, 4.69) is 57.4 Å². The van der Waals surface area contributed by atoms with Crippen molar-refractivity contribution in [3.05, 3.63) is 76.8 Å². The summed E-state index contributed by atoms with van der Waals surface area (Å²) in [6, 6.07) is 20.4. The summed E-state index contributed by atoms with van der Waals surface area (Å²) in [5, 5.41) is 6.29. The fourth-order valence-corrected chi connectivity index (χ4v) is 5.09. The van der Waals surface area contributed by atoms with Gasteiger partial charge in [0.15, 0.2) is 0 Å². The highest BCUT2D eigenvalue weighted by atomic mass is 35.5. The van der Waals surface area contributed by atoms with E-state index in [0.29, 0.717) is 12.1 Å². The number of para-hydroxylation sites is 1. The summed E-state index contributed by atoms with van der Waals surface area (Å²) in [5.41, 5.74) is 5.07. The minimum Gasteiger partial charge on any atom is -0.368 e. The van der Waals surface area contributed by atoms with Crippen LogP contribution >= 0.6 is 24.0 Å². The molecule has 4 aromatic rings. The quantitative estimate of drug-likeness (QED) is 0.298. The van der Waals surface area contributed by atoms with Crippen LogP contribution in [-0.2, 0) is 0 Å². The van der Waals surface area contributed by atoms with E-state index in [0.717, 1.165) is 78.3 Å². The molecule has 1 aliphatic rings. The van der Waals surface area contributed by atoms with Gasteiger partial charge in [0.2, 0.25) is 0 Å². The minimum absolute atomic E-state index is 0. The van der Waals surface area contributed by atoms with Gasteiger partial charge in [-0.25, -0.2) is 0 Å². The Morgan fingerprint density at radius 3 is 2.54 bits per heavy atom. The molecule has 2 heterocycles. The molecule has 35 heavy (non-hydrogen) atoms. The van der Waals surface area contributed by atoms with Crippen LogP contribution in [0.5, 0.6) is 0 Å². The molecule has 0 unspecified atom stereocenters. The SMILES string of the molecule is Cc1cccc(N2CCN(CCCCNC(=O)c3ccc4c(c3)[nH]c3ccccc34)CC2)c1Cl.Cl. The predicted molar refractivity (Wildman–Crippen MR) is 149 cm³/mol. The van der Waals surface area contributed by atoms with Gasteiger partial charge in [0, 0.05) is 60.1 Å². The standard InChI is InChI=1S/C28H31ClN4O.ClH/c1-20-7-6-10-26(27(20)29)33-17-15-32(16-18-33)14-5-4-13-30-28(34)21-11-12-23-22-8-2-3-9-24(22)31-25(23)19-21;/h2-3,6-12,19,31H,4-5,13-18H2,1H3,(H,30,34);1H. The van der Waals surface area contributed by atoms with E-state index in [4.69, 9.17) is 11.6 Å². The van der Waals surface area contributed by atoms with Gasteiger partial charge in [-0.05, 0) is 56.1 Å². The molecule has 1 fully saturated rings. The van der Waals surface area contributed by atoms with Crippen molar-refractivity contribution in [2.24, 2.45) is 0 Å². The van der Waals surface area contributed by atoms with Crippen LogP contribution in [0, 0.1) is 6.92 Å². The van der Waals surface area contributed by atoms with Crippen molar-refractivity contribution in [1.82, 2.24) is 15.2 Å². The number of nitrogens with zero attached hydrogens (tertiary/aromatic N) is 2.